The van der Waals surface area contributed by atoms with Crippen LogP contribution >= 0.6 is 23.4 Å². The van der Waals surface area contributed by atoms with Crippen molar-refractivity contribution in [2.75, 3.05) is 11.1 Å². The molecule has 0 spiro atoms. The summed E-state index contributed by atoms with van der Waals surface area (Å²) < 4.78 is 43.9. The maximum atomic E-state index is 13.0. The maximum Gasteiger partial charge on any atom is 0.418 e. The van der Waals surface area contributed by atoms with Crippen LogP contribution in [0, 0.1) is 0 Å². The number of carbonyl (C=O) groups excluding carboxylic acids is 2. The van der Waals surface area contributed by atoms with Gasteiger partial charge in [-0.15, -0.1) is 11.8 Å². The summed E-state index contributed by atoms with van der Waals surface area (Å²) >= 11 is 7.21. The van der Waals surface area contributed by atoms with E-state index in [9.17, 15) is 22.8 Å². The summed E-state index contributed by atoms with van der Waals surface area (Å²) in [6.45, 7) is 1.30. The summed E-state index contributed by atoms with van der Waals surface area (Å²) in [6.07, 6.45) is -5.79. The quantitative estimate of drug-likeness (QED) is 0.470. The van der Waals surface area contributed by atoms with Gasteiger partial charge in [-0.05, 0) is 43.3 Å². The molecule has 0 heterocycles. The fourth-order valence-electron chi connectivity index (χ4n) is 2.17. The second-order valence-corrected chi connectivity index (χ2v) is 7.32. The second kappa shape index (κ2) is 9.84. The van der Waals surface area contributed by atoms with Gasteiger partial charge in [0.25, 0.3) is 5.91 Å². The molecule has 9 heteroatoms. The molecule has 1 unspecified atom stereocenters. The number of alkyl halides is 3. The van der Waals surface area contributed by atoms with Gasteiger partial charge in [-0.3, -0.25) is 9.59 Å². The number of amides is 1. The molecule has 0 saturated heterocycles. The molecule has 1 atom stereocenters. The standard InChI is InChI=1S/C19H17ClF3NO3S/c1-12(18(26)24-16-5-3-2-4-15(16)19(21,22)23)27-17(25)10-11-28-14-8-6-13(20)7-9-14/h2-9,12H,10-11H2,1H3,(H,24,26). The van der Waals surface area contributed by atoms with Gasteiger partial charge in [0.1, 0.15) is 0 Å². The second-order valence-electron chi connectivity index (χ2n) is 5.72. The average molecular weight is 432 g/mol. The fourth-order valence-corrected chi connectivity index (χ4v) is 3.13. The lowest BCUT2D eigenvalue weighted by Crippen LogP contribution is -2.30. The Morgan fingerprint density at radius 1 is 1.14 bits per heavy atom. The van der Waals surface area contributed by atoms with Gasteiger partial charge in [0, 0.05) is 15.7 Å². The van der Waals surface area contributed by atoms with E-state index in [2.05, 4.69) is 5.32 Å². The van der Waals surface area contributed by atoms with Crippen molar-refractivity contribution in [3.63, 3.8) is 0 Å². The Balaban J connectivity index is 1.83. The molecule has 0 bridgehead atoms. The molecule has 0 aliphatic rings. The summed E-state index contributed by atoms with van der Waals surface area (Å²) in [6, 6.07) is 11.7. The summed E-state index contributed by atoms with van der Waals surface area (Å²) in [7, 11) is 0. The van der Waals surface area contributed by atoms with Crippen LogP contribution < -0.4 is 5.32 Å². The Morgan fingerprint density at radius 3 is 2.43 bits per heavy atom. The number of para-hydroxylation sites is 1. The van der Waals surface area contributed by atoms with Crippen molar-refractivity contribution < 1.29 is 27.5 Å². The van der Waals surface area contributed by atoms with Gasteiger partial charge in [-0.1, -0.05) is 23.7 Å². The Hall–Kier alpha value is -2.19. The molecule has 2 aromatic carbocycles. The smallest absolute Gasteiger partial charge is 0.418 e. The van der Waals surface area contributed by atoms with Gasteiger partial charge in [0.15, 0.2) is 6.10 Å². The van der Waals surface area contributed by atoms with Crippen LogP contribution in [0.4, 0.5) is 18.9 Å². The third kappa shape index (κ3) is 6.76. The number of anilines is 1. The van der Waals surface area contributed by atoms with Crippen molar-refractivity contribution in [1.82, 2.24) is 0 Å². The average Bonchev–Trinajstić information content (AvgIpc) is 2.63. The summed E-state index contributed by atoms with van der Waals surface area (Å²) in [4.78, 5) is 24.9. The first-order valence-corrected chi connectivity index (χ1v) is 9.58. The largest absolute Gasteiger partial charge is 0.453 e. The zero-order valence-corrected chi connectivity index (χ0v) is 16.3. The van der Waals surface area contributed by atoms with E-state index in [0.29, 0.717) is 10.8 Å². The van der Waals surface area contributed by atoms with E-state index >= 15 is 0 Å². The zero-order valence-electron chi connectivity index (χ0n) is 14.8. The summed E-state index contributed by atoms with van der Waals surface area (Å²) in [5.74, 6) is -1.03. The number of hydrogen-bond acceptors (Lipinski definition) is 4. The van der Waals surface area contributed by atoms with Crippen molar-refractivity contribution in [2.24, 2.45) is 0 Å². The van der Waals surface area contributed by atoms with Gasteiger partial charge in [-0.25, -0.2) is 0 Å². The monoisotopic (exact) mass is 431 g/mol. The van der Waals surface area contributed by atoms with Gasteiger partial charge in [0.05, 0.1) is 17.7 Å². The zero-order chi connectivity index (χ0) is 20.7. The van der Waals surface area contributed by atoms with Gasteiger partial charge in [-0.2, -0.15) is 13.2 Å². The number of rotatable bonds is 7. The molecule has 0 aromatic heterocycles. The van der Waals surface area contributed by atoms with Gasteiger partial charge in [0.2, 0.25) is 0 Å². The number of esters is 1. The number of thioether (sulfide) groups is 1. The van der Waals surface area contributed by atoms with Crippen LogP contribution in [0.1, 0.15) is 18.9 Å². The first kappa shape index (κ1) is 22.1. The van der Waals surface area contributed by atoms with Crippen molar-refractivity contribution in [1.29, 1.82) is 0 Å². The first-order valence-electron chi connectivity index (χ1n) is 8.22. The molecule has 2 aromatic rings. The van der Waals surface area contributed by atoms with Crippen LogP contribution in [0.25, 0.3) is 0 Å². The SMILES string of the molecule is CC(OC(=O)CCSc1ccc(Cl)cc1)C(=O)Nc1ccccc1C(F)(F)F. The number of benzene rings is 2. The molecule has 1 N–H and O–H groups in total. The highest BCUT2D eigenvalue weighted by Crippen LogP contribution is 2.34. The minimum absolute atomic E-state index is 0.0457. The van der Waals surface area contributed by atoms with E-state index in [1.807, 2.05) is 12.1 Å². The van der Waals surface area contributed by atoms with Crippen LogP contribution in [0.2, 0.25) is 5.02 Å². The van der Waals surface area contributed by atoms with E-state index in [1.54, 1.807) is 12.1 Å². The lowest BCUT2D eigenvalue weighted by atomic mass is 10.1. The fraction of sp³-hybridized carbons (Fsp3) is 0.263. The van der Waals surface area contributed by atoms with E-state index in [0.717, 1.165) is 17.0 Å². The molecule has 28 heavy (non-hydrogen) atoms. The normalized spacial score (nSPS) is 12.3. The highest BCUT2D eigenvalue weighted by molar-refractivity contribution is 7.99. The highest BCUT2D eigenvalue weighted by atomic mass is 35.5. The number of ether oxygens (including phenoxy) is 1. The van der Waals surface area contributed by atoms with Crippen LogP contribution in [-0.4, -0.2) is 23.7 Å². The van der Waals surface area contributed by atoms with Crippen LogP contribution in [0.15, 0.2) is 53.4 Å². The van der Waals surface area contributed by atoms with Crippen LogP contribution in [0.3, 0.4) is 0 Å². The predicted octanol–water partition coefficient (Wildman–Crippen LogP) is 5.41. The third-order valence-electron chi connectivity index (χ3n) is 3.56. The molecule has 2 rings (SSSR count). The first-order chi connectivity index (χ1) is 13.2. The van der Waals surface area contributed by atoms with Crippen molar-refractivity contribution in [3.8, 4) is 0 Å². The minimum atomic E-state index is -4.61. The maximum absolute atomic E-state index is 13.0. The van der Waals surface area contributed by atoms with Crippen molar-refractivity contribution in [3.05, 3.63) is 59.1 Å². The van der Waals surface area contributed by atoms with E-state index < -0.39 is 29.7 Å². The lowest BCUT2D eigenvalue weighted by Gasteiger charge is -2.16. The van der Waals surface area contributed by atoms with E-state index in [1.165, 1.54) is 30.8 Å². The molecule has 0 fully saturated rings. The van der Waals surface area contributed by atoms with Gasteiger partial charge < -0.3 is 10.1 Å². The predicted molar refractivity (Wildman–Crippen MR) is 102 cm³/mol. The summed E-state index contributed by atoms with van der Waals surface area (Å²) in [5.41, 5.74) is -1.36. The molecule has 4 nitrogen and oxygen atoms in total. The molecule has 1 amide bonds. The minimum Gasteiger partial charge on any atom is -0.453 e. The molecule has 0 saturated carbocycles. The molecule has 150 valence electrons. The molecular weight excluding hydrogens is 415 g/mol. The molecular formula is C19H17ClF3NO3S. The lowest BCUT2D eigenvalue weighted by molar-refractivity contribution is -0.152. The van der Waals surface area contributed by atoms with E-state index in [4.69, 9.17) is 16.3 Å². The molecule has 0 aliphatic carbocycles. The topological polar surface area (TPSA) is 55.4 Å². The van der Waals surface area contributed by atoms with Crippen LogP contribution in [-0.2, 0) is 20.5 Å². The number of hydrogen-bond donors (Lipinski definition) is 1. The Kier molecular flexibility index (Phi) is 7.77. The van der Waals surface area contributed by atoms with Crippen molar-refractivity contribution >= 4 is 40.9 Å². The number of carbonyl (C=O) groups is 2. The number of halogens is 4. The highest BCUT2D eigenvalue weighted by Gasteiger charge is 2.34. The number of nitrogens with one attached hydrogen (secondary N) is 1. The van der Waals surface area contributed by atoms with E-state index in [-0.39, 0.29) is 12.1 Å². The van der Waals surface area contributed by atoms with Crippen molar-refractivity contribution in [2.45, 2.75) is 30.5 Å². The Morgan fingerprint density at radius 2 is 1.79 bits per heavy atom. The molecule has 0 aliphatic heterocycles. The van der Waals surface area contributed by atoms with Crippen LogP contribution in [0.5, 0.6) is 0 Å². The summed E-state index contributed by atoms with van der Waals surface area (Å²) in [5, 5.41) is 2.76. The Labute approximate surface area is 169 Å². The Bertz CT molecular complexity index is 828. The van der Waals surface area contributed by atoms with Gasteiger partial charge >= 0.3 is 12.1 Å². The third-order valence-corrected chi connectivity index (χ3v) is 4.82. The molecule has 0 radical (unpaired) electrons.